The van der Waals surface area contributed by atoms with Crippen LogP contribution in [0.3, 0.4) is 0 Å². The van der Waals surface area contributed by atoms with Gasteiger partial charge in [-0.3, -0.25) is 0 Å². The number of nitrogens with one attached hydrogen (secondary N) is 2. The zero-order valence-corrected chi connectivity index (χ0v) is 8.58. The second-order valence-corrected chi connectivity index (χ2v) is 4.45. The molecule has 15 heavy (non-hydrogen) atoms. The van der Waals surface area contributed by atoms with Gasteiger partial charge in [0.15, 0.2) is 0 Å². The lowest BCUT2D eigenvalue weighted by atomic mass is 10.3. The molecule has 0 bridgehead atoms. The van der Waals surface area contributed by atoms with E-state index in [2.05, 4.69) is 14.7 Å². The molecule has 2 rings (SSSR count). The summed E-state index contributed by atoms with van der Waals surface area (Å²) in [4.78, 5) is 7.15. The first-order valence-electron chi connectivity index (χ1n) is 4.25. The average molecular weight is 226 g/mol. The number of hydrogen-bond donors (Lipinski definition) is 3. The van der Waals surface area contributed by atoms with Crippen LogP contribution in [0.5, 0.6) is 0 Å². The van der Waals surface area contributed by atoms with Crippen molar-refractivity contribution in [2.24, 2.45) is 5.14 Å². The summed E-state index contributed by atoms with van der Waals surface area (Å²) in [6.07, 6.45) is 0. The van der Waals surface area contributed by atoms with Crippen molar-refractivity contribution in [2.45, 2.75) is 6.54 Å². The number of imidazole rings is 1. The van der Waals surface area contributed by atoms with Crippen molar-refractivity contribution in [3.05, 3.63) is 30.1 Å². The van der Waals surface area contributed by atoms with Crippen LogP contribution in [0.2, 0.25) is 0 Å². The SMILES string of the molecule is NS(=O)(=O)NCc1nc2ccccc2[nH]1. The van der Waals surface area contributed by atoms with Gasteiger partial charge in [0.25, 0.3) is 10.2 Å². The fraction of sp³-hybridized carbons (Fsp3) is 0.125. The molecule has 0 radical (unpaired) electrons. The summed E-state index contributed by atoms with van der Waals surface area (Å²) in [7, 11) is -3.67. The molecule has 0 fully saturated rings. The van der Waals surface area contributed by atoms with Crippen LogP contribution in [-0.2, 0) is 16.8 Å². The summed E-state index contributed by atoms with van der Waals surface area (Å²) in [5, 5.41) is 4.80. The van der Waals surface area contributed by atoms with Crippen molar-refractivity contribution in [3.8, 4) is 0 Å². The van der Waals surface area contributed by atoms with Crippen LogP contribution in [0.15, 0.2) is 24.3 Å². The maximum Gasteiger partial charge on any atom is 0.274 e. The number of nitrogens with two attached hydrogens (primary N) is 1. The van der Waals surface area contributed by atoms with Crippen LogP contribution in [0, 0.1) is 0 Å². The monoisotopic (exact) mass is 226 g/mol. The van der Waals surface area contributed by atoms with Gasteiger partial charge in [0.05, 0.1) is 17.6 Å². The zero-order chi connectivity index (χ0) is 10.9. The smallest absolute Gasteiger partial charge is 0.274 e. The van der Waals surface area contributed by atoms with E-state index in [9.17, 15) is 8.42 Å². The van der Waals surface area contributed by atoms with Crippen molar-refractivity contribution in [1.29, 1.82) is 0 Å². The number of hydrogen-bond acceptors (Lipinski definition) is 3. The lowest BCUT2D eigenvalue weighted by Crippen LogP contribution is -2.30. The summed E-state index contributed by atoms with van der Waals surface area (Å²) < 4.78 is 23.4. The fourth-order valence-electron chi connectivity index (χ4n) is 1.26. The van der Waals surface area contributed by atoms with Gasteiger partial charge in [-0.1, -0.05) is 12.1 Å². The predicted molar refractivity (Wildman–Crippen MR) is 56.0 cm³/mol. The number of aromatic amines is 1. The summed E-state index contributed by atoms with van der Waals surface area (Å²) in [5.41, 5.74) is 1.66. The molecule has 1 heterocycles. The number of nitrogens with zero attached hydrogens (tertiary/aromatic N) is 1. The van der Waals surface area contributed by atoms with Gasteiger partial charge in [0.1, 0.15) is 5.82 Å². The summed E-state index contributed by atoms with van der Waals surface area (Å²) >= 11 is 0. The fourth-order valence-corrected chi connectivity index (χ4v) is 1.60. The topological polar surface area (TPSA) is 101 Å². The van der Waals surface area contributed by atoms with Gasteiger partial charge >= 0.3 is 0 Å². The third kappa shape index (κ3) is 2.52. The van der Waals surface area contributed by atoms with Crippen molar-refractivity contribution in [2.75, 3.05) is 0 Å². The van der Waals surface area contributed by atoms with E-state index in [0.717, 1.165) is 11.0 Å². The first-order valence-corrected chi connectivity index (χ1v) is 5.80. The highest BCUT2D eigenvalue weighted by Gasteiger charge is 2.05. The molecule has 7 heteroatoms. The van der Waals surface area contributed by atoms with Gasteiger partial charge in [0, 0.05) is 0 Å². The number of H-pyrrole nitrogens is 1. The summed E-state index contributed by atoms with van der Waals surface area (Å²) in [5.74, 6) is 0.533. The number of fused-ring (bicyclic) bond motifs is 1. The minimum Gasteiger partial charge on any atom is -0.341 e. The van der Waals surface area contributed by atoms with Crippen molar-refractivity contribution in [3.63, 3.8) is 0 Å². The Balaban J connectivity index is 2.23. The van der Waals surface area contributed by atoms with E-state index in [1.54, 1.807) is 0 Å². The second kappa shape index (κ2) is 3.61. The van der Waals surface area contributed by atoms with E-state index in [1.807, 2.05) is 24.3 Å². The van der Waals surface area contributed by atoms with Gasteiger partial charge in [-0.05, 0) is 12.1 Å². The molecule has 0 spiro atoms. The average Bonchev–Trinajstić information content (AvgIpc) is 2.56. The predicted octanol–water partition coefficient (Wildman–Crippen LogP) is -0.144. The van der Waals surface area contributed by atoms with E-state index < -0.39 is 10.2 Å². The van der Waals surface area contributed by atoms with Crippen LogP contribution in [-0.4, -0.2) is 18.4 Å². The van der Waals surface area contributed by atoms with Crippen LogP contribution in [0.1, 0.15) is 5.82 Å². The molecule has 0 saturated heterocycles. The minimum absolute atomic E-state index is 0.0630. The third-order valence-corrected chi connectivity index (χ3v) is 2.43. The Morgan fingerprint density at radius 2 is 2.13 bits per heavy atom. The maximum atomic E-state index is 10.6. The molecule has 1 aromatic carbocycles. The molecule has 4 N–H and O–H groups in total. The largest absolute Gasteiger partial charge is 0.341 e. The number of aromatic nitrogens is 2. The van der Waals surface area contributed by atoms with Gasteiger partial charge in [-0.25, -0.2) is 10.1 Å². The first-order chi connectivity index (χ1) is 7.04. The van der Waals surface area contributed by atoms with Crippen LogP contribution in [0.4, 0.5) is 0 Å². The standard InChI is InChI=1S/C8H10N4O2S/c9-15(13,14)10-5-8-11-6-3-1-2-4-7(6)12-8/h1-4,10H,5H2,(H,11,12)(H2,9,13,14). The highest BCUT2D eigenvalue weighted by atomic mass is 32.2. The molecular weight excluding hydrogens is 216 g/mol. The highest BCUT2D eigenvalue weighted by Crippen LogP contribution is 2.09. The summed E-state index contributed by atoms with van der Waals surface area (Å²) in [6.45, 7) is 0.0630. The number of rotatable bonds is 3. The van der Waals surface area contributed by atoms with E-state index >= 15 is 0 Å². The molecule has 2 aromatic rings. The van der Waals surface area contributed by atoms with Crippen molar-refractivity contribution in [1.82, 2.24) is 14.7 Å². The third-order valence-electron chi connectivity index (χ3n) is 1.88. The summed E-state index contributed by atoms with van der Waals surface area (Å²) in [6, 6.07) is 7.44. The minimum atomic E-state index is -3.67. The van der Waals surface area contributed by atoms with Gasteiger partial charge < -0.3 is 4.98 Å². The Morgan fingerprint density at radius 1 is 1.40 bits per heavy atom. The molecule has 6 nitrogen and oxygen atoms in total. The number of para-hydroxylation sites is 2. The van der Waals surface area contributed by atoms with E-state index in [-0.39, 0.29) is 6.54 Å². The van der Waals surface area contributed by atoms with E-state index in [0.29, 0.717) is 5.82 Å². The maximum absolute atomic E-state index is 10.6. The molecular formula is C8H10N4O2S. The molecule has 80 valence electrons. The normalized spacial score (nSPS) is 12.1. The van der Waals surface area contributed by atoms with Crippen molar-refractivity contribution < 1.29 is 8.42 Å². The van der Waals surface area contributed by atoms with Gasteiger partial charge in [-0.2, -0.15) is 13.1 Å². The molecule has 0 amide bonds. The van der Waals surface area contributed by atoms with Gasteiger partial charge in [0.2, 0.25) is 0 Å². The lowest BCUT2D eigenvalue weighted by molar-refractivity contribution is 0.581. The molecule has 0 aliphatic rings. The second-order valence-electron chi connectivity index (χ2n) is 3.07. The highest BCUT2D eigenvalue weighted by molar-refractivity contribution is 7.87. The van der Waals surface area contributed by atoms with E-state index in [1.165, 1.54) is 0 Å². The quantitative estimate of drug-likeness (QED) is 0.678. The van der Waals surface area contributed by atoms with Crippen LogP contribution < -0.4 is 9.86 Å². The molecule has 1 aromatic heterocycles. The van der Waals surface area contributed by atoms with Gasteiger partial charge in [-0.15, -0.1) is 0 Å². The lowest BCUT2D eigenvalue weighted by Gasteiger charge is -1.96. The Morgan fingerprint density at radius 3 is 2.80 bits per heavy atom. The zero-order valence-electron chi connectivity index (χ0n) is 7.77. The van der Waals surface area contributed by atoms with Crippen LogP contribution >= 0.6 is 0 Å². The Kier molecular flexibility index (Phi) is 2.43. The molecule has 0 saturated carbocycles. The first kappa shape index (κ1) is 10.1. The molecule has 0 unspecified atom stereocenters. The Labute approximate surface area is 86.7 Å². The van der Waals surface area contributed by atoms with E-state index in [4.69, 9.17) is 5.14 Å². The van der Waals surface area contributed by atoms with Crippen LogP contribution in [0.25, 0.3) is 11.0 Å². The molecule has 0 aliphatic carbocycles. The Hall–Kier alpha value is -1.44. The van der Waals surface area contributed by atoms with Crippen molar-refractivity contribution >= 4 is 21.2 Å². The Bertz CT molecular complexity index is 542. The molecule has 0 aliphatic heterocycles. The molecule has 0 atom stereocenters. The number of benzene rings is 1.